The van der Waals surface area contributed by atoms with Crippen LogP contribution in [0.3, 0.4) is 0 Å². The summed E-state index contributed by atoms with van der Waals surface area (Å²) in [4.78, 5) is 46.6. The number of rotatable bonds is 4. The molecule has 1 saturated heterocycles. The van der Waals surface area contributed by atoms with E-state index in [4.69, 9.17) is 10.2 Å². The van der Waals surface area contributed by atoms with E-state index in [1.54, 1.807) is 0 Å². The zero-order valence-electron chi connectivity index (χ0n) is 10.4. The highest BCUT2D eigenvalue weighted by molar-refractivity contribution is 6.08. The first-order valence-corrected chi connectivity index (χ1v) is 6.14. The Bertz CT molecular complexity index is 435. The largest absolute Gasteiger partial charge is 0.481 e. The van der Waals surface area contributed by atoms with Crippen LogP contribution in [0.4, 0.5) is 0 Å². The van der Waals surface area contributed by atoms with Crippen LogP contribution < -0.4 is 0 Å². The van der Waals surface area contributed by atoms with Crippen LogP contribution >= 0.6 is 0 Å². The zero-order valence-corrected chi connectivity index (χ0v) is 10.4. The molecule has 1 aliphatic heterocycles. The van der Waals surface area contributed by atoms with Gasteiger partial charge in [-0.3, -0.25) is 19.3 Å². The molecule has 1 saturated carbocycles. The molecule has 2 aliphatic rings. The SMILES string of the molecule is CC1CC2C(=O)N(C(CC(=O)O)C(=O)O)C(=O)C2C1. The van der Waals surface area contributed by atoms with Crippen molar-refractivity contribution in [1.82, 2.24) is 4.90 Å². The number of carbonyl (C=O) groups excluding carboxylic acids is 2. The van der Waals surface area contributed by atoms with Crippen molar-refractivity contribution in [1.29, 1.82) is 0 Å². The van der Waals surface area contributed by atoms with Gasteiger partial charge in [0.15, 0.2) is 0 Å². The quantitative estimate of drug-likeness (QED) is 0.692. The summed E-state index contributed by atoms with van der Waals surface area (Å²) in [5.41, 5.74) is 0. The van der Waals surface area contributed by atoms with Crippen LogP contribution in [0.5, 0.6) is 0 Å². The van der Waals surface area contributed by atoms with Gasteiger partial charge in [0.25, 0.3) is 0 Å². The second-order valence-corrected chi connectivity index (χ2v) is 5.29. The van der Waals surface area contributed by atoms with Gasteiger partial charge in [-0.1, -0.05) is 6.92 Å². The molecule has 0 radical (unpaired) electrons. The monoisotopic (exact) mass is 269 g/mol. The van der Waals surface area contributed by atoms with Gasteiger partial charge in [0, 0.05) is 0 Å². The van der Waals surface area contributed by atoms with Gasteiger partial charge in [-0.2, -0.15) is 0 Å². The third-order valence-electron chi connectivity index (χ3n) is 3.87. The molecule has 3 unspecified atom stereocenters. The number of likely N-dealkylation sites (tertiary alicyclic amines) is 1. The first kappa shape index (κ1) is 13.5. The van der Waals surface area contributed by atoms with Crippen LogP contribution in [0.15, 0.2) is 0 Å². The fraction of sp³-hybridized carbons (Fsp3) is 0.667. The van der Waals surface area contributed by atoms with Gasteiger partial charge in [0.2, 0.25) is 11.8 Å². The minimum absolute atomic E-state index is 0.257. The van der Waals surface area contributed by atoms with Crippen molar-refractivity contribution >= 4 is 23.8 Å². The zero-order chi connectivity index (χ0) is 14.3. The highest BCUT2D eigenvalue weighted by Gasteiger charge is 2.55. The lowest BCUT2D eigenvalue weighted by Crippen LogP contribution is -2.47. The van der Waals surface area contributed by atoms with E-state index < -0.39 is 48.1 Å². The van der Waals surface area contributed by atoms with Gasteiger partial charge in [0.05, 0.1) is 18.3 Å². The van der Waals surface area contributed by atoms with Gasteiger partial charge in [-0.25, -0.2) is 4.79 Å². The van der Waals surface area contributed by atoms with E-state index in [0.717, 1.165) is 0 Å². The molecule has 0 aromatic heterocycles. The van der Waals surface area contributed by atoms with Gasteiger partial charge in [-0.05, 0) is 18.8 Å². The lowest BCUT2D eigenvalue weighted by atomic mass is 10.00. The molecule has 7 nitrogen and oxygen atoms in total. The molecule has 2 N–H and O–H groups in total. The summed E-state index contributed by atoms with van der Waals surface area (Å²) in [6.07, 6.45) is 0.359. The summed E-state index contributed by atoms with van der Waals surface area (Å²) < 4.78 is 0. The van der Waals surface area contributed by atoms with Crippen LogP contribution in [0.2, 0.25) is 0 Å². The minimum Gasteiger partial charge on any atom is -0.481 e. The molecule has 19 heavy (non-hydrogen) atoms. The Labute approximate surface area is 109 Å². The number of carbonyl (C=O) groups is 4. The maximum atomic E-state index is 12.1. The smallest absolute Gasteiger partial charge is 0.327 e. The topological polar surface area (TPSA) is 112 Å². The van der Waals surface area contributed by atoms with E-state index in [1.165, 1.54) is 0 Å². The first-order chi connectivity index (χ1) is 8.82. The Morgan fingerprint density at radius 3 is 2.05 bits per heavy atom. The molecule has 0 bridgehead atoms. The summed E-state index contributed by atoms with van der Waals surface area (Å²) >= 11 is 0. The fourth-order valence-electron chi connectivity index (χ4n) is 3.07. The lowest BCUT2D eigenvalue weighted by molar-refractivity contribution is -0.158. The Balaban J connectivity index is 2.25. The number of hydrogen-bond donors (Lipinski definition) is 2. The van der Waals surface area contributed by atoms with Crippen molar-refractivity contribution in [3.05, 3.63) is 0 Å². The Kier molecular flexibility index (Phi) is 3.30. The average Bonchev–Trinajstić information content (AvgIpc) is 2.77. The minimum atomic E-state index is -1.60. The van der Waals surface area contributed by atoms with Crippen molar-refractivity contribution in [3.63, 3.8) is 0 Å². The van der Waals surface area contributed by atoms with E-state index >= 15 is 0 Å². The summed E-state index contributed by atoms with van der Waals surface area (Å²) in [7, 11) is 0. The van der Waals surface area contributed by atoms with Crippen molar-refractivity contribution in [2.75, 3.05) is 0 Å². The number of aliphatic carboxylic acids is 2. The number of carboxylic acid groups (broad SMARTS) is 2. The van der Waals surface area contributed by atoms with E-state index in [1.807, 2.05) is 6.92 Å². The molecule has 1 aliphatic carbocycles. The van der Waals surface area contributed by atoms with E-state index in [2.05, 4.69) is 0 Å². The molecule has 0 spiro atoms. The molecule has 3 atom stereocenters. The summed E-state index contributed by atoms with van der Waals surface area (Å²) in [6, 6.07) is -1.60. The van der Waals surface area contributed by atoms with E-state index in [-0.39, 0.29) is 5.92 Å². The standard InChI is InChI=1S/C12H15NO6/c1-5-2-6-7(3-5)11(17)13(10(6)16)8(12(18)19)4-9(14)15/h5-8H,2-4H2,1H3,(H,14,15)(H,18,19). The van der Waals surface area contributed by atoms with Gasteiger partial charge < -0.3 is 10.2 Å². The summed E-state index contributed by atoms with van der Waals surface area (Å²) in [6.45, 7) is 1.94. The Morgan fingerprint density at radius 2 is 1.68 bits per heavy atom. The maximum Gasteiger partial charge on any atom is 0.327 e. The number of amides is 2. The van der Waals surface area contributed by atoms with Crippen LogP contribution in [-0.4, -0.2) is 44.9 Å². The summed E-state index contributed by atoms with van der Waals surface area (Å²) in [5, 5.41) is 17.7. The van der Waals surface area contributed by atoms with Crippen LogP contribution in [0, 0.1) is 17.8 Å². The summed E-state index contributed by atoms with van der Waals surface area (Å²) in [5.74, 6) is -4.57. The fourth-order valence-corrected chi connectivity index (χ4v) is 3.07. The molecular formula is C12H15NO6. The second-order valence-electron chi connectivity index (χ2n) is 5.29. The highest BCUT2D eigenvalue weighted by Crippen LogP contribution is 2.43. The van der Waals surface area contributed by atoms with Crippen LogP contribution in [0.25, 0.3) is 0 Å². The number of nitrogens with zero attached hydrogens (tertiary/aromatic N) is 1. The molecule has 7 heteroatoms. The van der Waals surface area contributed by atoms with Crippen LogP contribution in [-0.2, 0) is 19.2 Å². The molecule has 104 valence electrons. The average molecular weight is 269 g/mol. The predicted octanol–water partition coefficient (Wildman–Crippen LogP) is -0.0546. The van der Waals surface area contributed by atoms with Crippen molar-refractivity contribution < 1.29 is 29.4 Å². The number of imide groups is 1. The number of carboxylic acids is 2. The van der Waals surface area contributed by atoms with Gasteiger partial charge >= 0.3 is 11.9 Å². The third kappa shape index (κ3) is 2.20. The molecule has 2 amide bonds. The lowest BCUT2D eigenvalue weighted by Gasteiger charge is -2.22. The number of hydrogen-bond acceptors (Lipinski definition) is 4. The Hall–Kier alpha value is -1.92. The van der Waals surface area contributed by atoms with Crippen LogP contribution in [0.1, 0.15) is 26.2 Å². The second kappa shape index (κ2) is 4.64. The van der Waals surface area contributed by atoms with Crippen molar-refractivity contribution in [3.8, 4) is 0 Å². The predicted molar refractivity (Wildman–Crippen MR) is 60.9 cm³/mol. The Morgan fingerprint density at radius 1 is 1.21 bits per heavy atom. The first-order valence-electron chi connectivity index (χ1n) is 6.14. The van der Waals surface area contributed by atoms with Crippen molar-refractivity contribution in [2.24, 2.45) is 17.8 Å². The van der Waals surface area contributed by atoms with Gasteiger partial charge in [-0.15, -0.1) is 0 Å². The maximum absolute atomic E-state index is 12.1. The molecule has 0 aromatic carbocycles. The van der Waals surface area contributed by atoms with Gasteiger partial charge in [0.1, 0.15) is 6.04 Å². The molecule has 0 aromatic rings. The van der Waals surface area contributed by atoms with E-state index in [0.29, 0.717) is 17.7 Å². The third-order valence-corrected chi connectivity index (χ3v) is 3.87. The highest BCUT2D eigenvalue weighted by atomic mass is 16.4. The molecule has 2 rings (SSSR count). The molecular weight excluding hydrogens is 254 g/mol. The normalized spacial score (nSPS) is 31.4. The molecule has 2 fully saturated rings. The number of fused-ring (bicyclic) bond motifs is 1. The van der Waals surface area contributed by atoms with E-state index in [9.17, 15) is 19.2 Å². The van der Waals surface area contributed by atoms with Crippen molar-refractivity contribution in [2.45, 2.75) is 32.2 Å². The molecule has 1 heterocycles.